The van der Waals surface area contributed by atoms with E-state index in [4.69, 9.17) is 21.6 Å². The minimum atomic E-state index is 0.574. The highest BCUT2D eigenvalue weighted by Crippen LogP contribution is 2.22. The van der Waals surface area contributed by atoms with E-state index in [9.17, 15) is 0 Å². The Morgan fingerprint density at radius 2 is 2.31 bits per heavy atom. The van der Waals surface area contributed by atoms with E-state index in [1.807, 2.05) is 19.1 Å². The van der Waals surface area contributed by atoms with Crippen molar-refractivity contribution in [2.45, 2.75) is 13.3 Å². The van der Waals surface area contributed by atoms with E-state index in [1.165, 1.54) is 0 Å². The van der Waals surface area contributed by atoms with E-state index in [1.54, 1.807) is 12.1 Å². The van der Waals surface area contributed by atoms with Crippen molar-refractivity contribution in [3.8, 4) is 6.07 Å². The fraction of sp³-hybridized carbons (Fsp3) is 0.417. The quantitative estimate of drug-likeness (QED) is 0.775. The summed E-state index contributed by atoms with van der Waals surface area (Å²) in [6.45, 7) is 4.28. The van der Waals surface area contributed by atoms with E-state index in [-0.39, 0.29) is 0 Å². The van der Waals surface area contributed by atoms with E-state index in [0.717, 1.165) is 31.9 Å². The third kappa shape index (κ3) is 4.09. The van der Waals surface area contributed by atoms with Crippen LogP contribution in [0, 0.1) is 11.3 Å². The zero-order valence-electron chi connectivity index (χ0n) is 9.29. The van der Waals surface area contributed by atoms with Crippen LogP contribution in [0.25, 0.3) is 0 Å². The Hall–Kier alpha value is -1.24. The molecular formula is C12H15ClN2O. The number of benzene rings is 1. The van der Waals surface area contributed by atoms with Gasteiger partial charge in [-0.1, -0.05) is 11.6 Å². The molecule has 1 N–H and O–H groups in total. The molecule has 0 heterocycles. The minimum absolute atomic E-state index is 0.574. The van der Waals surface area contributed by atoms with E-state index in [2.05, 4.69) is 5.32 Å². The Balaban J connectivity index is 2.40. The second-order valence-electron chi connectivity index (χ2n) is 3.28. The van der Waals surface area contributed by atoms with E-state index >= 15 is 0 Å². The normalized spacial score (nSPS) is 9.81. The largest absolute Gasteiger partial charge is 0.384 e. The lowest BCUT2D eigenvalue weighted by Crippen LogP contribution is -2.06. The number of rotatable bonds is 6. The first-order valence-corrected chi connectivity index (χ1v) is 5.67. The predicted octanol–water partition coefficient (Wildman–Crippen LogP) is 3.05. The number of nitrogens with zero attached hydrogens (tertiary/aromatic N) is 1. The second kappa shape index (κ2) is 7.10. The van der Waals surface area contributed by atoms with Gasteiger partial charge in [-0.2, -0.15) is 5.26 Å². The Morgan fingerprint density at radius 3 is 2.94 bits per heavy atom. The highest BCUT2D eigenvalue weighted by atomic mass is 35.5. The lowest BCUT2D eigenvalue weighted by Gasteiger charge is -2.08. The fourth-order valence-corrected chi connectivity index (χ4v) is 1.52. The average Bonchev–Trinajstić information content (AvgIpc) is 2.30. The molecule has 0 amide bonds. The van der Waals surface area contributed by atoms with Gasteiger partial charge in [0, 0.05) is 19.8 Å². The molecule has 0 aromatic heterocycles. The van der Waals surface area contributed by atoms with Gasteiger partial charge in [0.25, 0.3) is 0 Å². The molecule has 0 aliphatic heterocycles. The number of nitriles is 1. The van der Waals surface area contributed by atoms with Crippen molar-refractivity contribution in [1.29, 1.82) is 5.26 Å². The molecule has 1 aromatic carbocycles. The number of hydrogen-bond acceptors (Lipinski definition) is 3. The van der Waals surface area contributed by atoms with Crippen LogP contribution >= 0.6 is 11.6 Å². The Kier molecular flexibility index (Phi) is 5.69. The molecular weight excluding hydrogens is 224 g/mol. The number of anilines is 1. The van der Waals surface area contributed by atoms with Gasteiger partial charge in [0.2, 0.25) is 0 Å². The van der Waals surface area contributed by atoms with Crippen LogP contribution in [0.3, 0.4) is 0 Å². The van der Waals surface area contributed by atoms with Gasteiger partial charge in [0.15, 0.2) is 0 Å². The smallest absolute Gasteiger partial charge is 0.0992 e. The van der Waals surface area contributed by atoms with Crippen LogP contribution in [0.1, 0.15) is 18.9 Å². The Morgan fingerprint density at radius 1 is 1.50 bits per heavy atom. The van der Waals surface area contributed by atoms with Gasteiger partial charge in [0.1, 0.15) is 0 Å². The van der Waals surface area contributed by atoms with Crippen LogP contribution in [-0.4, -0.2) is 19.8 Å². The summed E-state index contributed by atoms with van der Waals surface area (Å²) in [5.41, 5.74) is 1.43. The summed E-state index contributed by atoms with van der Waals surface area (Å²) in [5.74, 6) is 0. The third-order valence-corrected chi connectivity index (χ3v) is 2.40. The van der Waals surface area contributed by atoms with Crippen LogP contribution in [0.4, 0.5) is 5.69 Å². The van der Waals surface area contributed by atoms with Crippen molar-refractivity contribution < 1.29 is 4.74 Å². The SMILES string of the molecule is CCOCCCNc1ccc(C#N)cc1Cl. The van der Waals surface area contributed by atoms with Gasteiger partial charge in [-0.15, -0.1) is 0 Å². The molecule has 0 bridgehead atoms. The molecule has 1 aromatic rings. The van der Waals surface area contributed by atoms with E-state index in [0.29, 0.717) is 10.6 Å². The molecule has 0 aliphatic carbocycles. The van der Waals surface area contributed by atoms with Crippen LogP contribution in [-0.2, 0) is 4.74 Å². The number of hydrogen-bond donors (Lipinski definition) is 1. The second-order valence-corrected chi connectivity index (χ2v) is 3.69. The summed E-state index contributed by atoms with van der Waals surface area (Å²) < 4.78 is 5.22. The van der Waals surface area contributed by atoms with Crippen molar-refractivity contribution in [1.82, 2.24) is 0 Å². The molecule has 4 heteroatoms. The van der Waals surface area contributed by atoms with Crippen LogP contribution in [0.2, 0.25) is 5.02 Å². The molecule has 16 heavy (non-hydrogen) atoms. The summed E-state index contributed by atoms with van der Waals surface area (Å²) in [7, 11) is 0. The van der Waals surface area contributed by atoms with Gasteiger partial charge in [-0.05, 0) is 31.5 Å². The highest BCUT2D eigenvalue weighted by Gasteiger charge is 2.00. The molecule has 0 fully saturated rings. The first-order valence-electron chi connectivity index (χ1n) is 5.29. The van der Waals surface area contributed by atoms with Gasteiger partial charge >= 0.3 is 0 Å². The molecule has 0 saturated carbocycles. The minimum Gasteiger partial charge on any atom is -0.384 e. The Bertz CT molecular complexity index is 374. The molecule has 0 spiro atoms. The number of halogens is 1. The van der Waals surface area contributed by atoms with Crippen LogP contribution < -0.4 is 5.32 Å². The molecule has 0 aliphatic rings. The fourth-order valence-electron chi connectivity index (χ4n) is 1.27. The standard InChI is InChI=1S/C12H15ClN2O/c1-2-16-7-3-6-15-12-5-4-10(9-14)8-11(12)13/h4-5,8,15H,2-3,6-7H2,1H3. The maximum atomic E-state index is 8.68. The maximum absolute atomic E-state index is 8.68. The average molecular weight is 239 g/mol. The summed E-state index contributed by atoms with van der Waals surface area (Å²) >= 11 is 6.00. The number of ether oxygens (including phenoxy) is 1. The van der Waals surface area contributed by atoms with Crippen molar-refractivity contribution in [3.63, 3.8) is 0 Å². The van der Waals surface area contributed by atoms with Crippen molar-refractivity contribution in [2.75, 3.05) is 25.1 Å². The van der Waals surface area contributed by atoms with Gasteiger partial charge in [0.05, 0.1) is 22.3 Å². The molecule has 0 atom stereocenters. The van der Waals surface area contributed by atoms with Crippen molar-refractivity contribution in [3.05, 3.63) is 28.8 Å². The maximum Gasteiger partial charge on any atom is 0.0992 e. The summed E-state index contributed by atoms with van der Waals surface area (Å²) in [4.78, 5) is 0. The zero-order valence-corrected chi connectivity index (χ0v) is 10.0. The third-order valence-electron chi connectivity index (χ3n) is 2.08. The molecule has 0 radical (unpaired) electrons. The summed E-state index contributed by atoms with van der Waals surface area (Å²) in [5, 5.41) is 12.5. The van der Waals surface area contributed by atoms with E-state index < -0.39 is 0 Å². The highest BCUT2D eigenvalue weighted by molar-refractivity contribution is 6.33. The van der Waals surface area contributed by atoms with Gasteiger partial charge < -0.3 is 10.1 Å². The molecule has 0 unspecified atom stereocenters. The zero-order chi connectivity index (χ0) is 11.8. The first-order chi connectivity index (χ1) is 7.77. The lowest BCUT2D eigenvalue weighted by molar-refractivity contribution is 0.147. The first kappa shape index (κ1) is 12.8. The molecule has 1 rings (SSSR count). The van der Waals surface area contributed by atoms with Crippen LogP contribution in [0.15, 0.2) is 18.2 Å². The van der Waals surface area contributed by atoms with Crippen molar-refractivity contribution in [2.24, 2.45) is 0 Å². The number of nitrogens with one attached hydrogen (secondary N) is 1. The predicted molar refractivity (Wildman–Crippen MR) is 65.8 cm³/mol. The molecule has 0 saturated heterocycles. The van der Waals surface area contributed by atoms with Gasteiger partial charge in [-0.25, -0.2) is 0 Å². The molecule has 3 nitrogen and oxygen atoms in total. The molecule has 86 valence electrons. The lowest BCUT2D eigenvalue weighted by atomic mass is 10.2. The summed E-state index contributed by atoms with van der Waals surface area (Å²) in [6.07, 6.45) is 0.935. The summed E-state index contributed by atoms with van der Waals surface area (Å²) in [6, 6.07) is 7.27. The van der Waals surface area contributed by atoms with Crippen LogP contribution in [0.5, 0.6) is 0 Å². The Labute approximate surface area is 101 Å². The van der Waals surface area contributed by atoms with Gasteiger partial charge in [-0.3, -0.25) is 0 Å². The van der Waals surface area contributed by atoms with Crippen molar-refractivity contribution >= 4 is 17.3 Å². The monoisotopic (exact) mass is 238 g/mol. The topological polar surface area (TPSA) is 45.0 Å².